The van der Waals surface area contributed by atoms with Crippen LogP contribution >= 0.6 is 11.3 Å². The summed E-state index contributed by atoms with van der Waals surface area (Å²) in [6.07, 6.45) is 1.91. The Morgan fingerprint density at radius 3 is 3.00 bits per heavy atom. The van der Waals surface area contributed by atoms with Crippen molar-refractivity contribution in [2.75, 3.05) is 32.8 Å². The topological polar surface area (TPSA) is 71.7 Å². The molecule has 2 fully saturated rings. The first kappa shape index (κ1) is 15.7. The van der Waals surface area contributed by atoms with Crippen LogP contribution in [0.3, 0.4) is 0 Å². The fourth-order valence-electron chi connectivity index (χ4n) is 3.29. The number of thiophene rings is 1. The number of nitrogens with zero attached hydrogens (tertiary/aromatic N) is 4. The fourth-order valence-corrected chi connectivity index (χ4v) is 3.94. The standard InChI is InChI=1S/C16H20N4O3S/c21-16(19-6-8-22-9-7-19)12-3-1-5-20(12)11-14-17-15(18-23-14)13-4-2-10-24-13/h2,4,10,12H,1,3,5-9,11H2. The molecule has 4 heterocycles. The molecule has 0 bridgehead atoms. The van der Waals surface area contributed by atoms with Gasteiger partial charge in [-0.15, -0.1) is 11.3 Å². The van der Waals surface area contributed by atoms with Crippen LogP contribution in [0.25, 0.3) is 10.7 Å². The largest absolute Gasteiger partial charge is 0.378 e. The number of carbonyl (C=O) groups excluding carboxylic acids is 1. The molecule has 0 N–H and O–H groups in total. The van der Waals surface area contributed by atoms with E-state index in [0.29, 0.717) is 44.6 Å². The zero-order chi connectivity index (χ0) is 16.4. The van der Waals surface area contributed by atoms with Crippen molar-refractivity contribution < 1.29 is 14.1 Å². The Morgan fingerprint density at radius 1 is 1.33 bits per heavy atom. The minimum atomic E-state index is -0.0832. The van der Waals surface area contributed by atoms with Crippen LogP contribution in [-0.4, -0.2) is 64.7 Å². The van der Waals surface area contributed by atoms with E-state index in [1.165, 1.54) is 0 Å². The maximum Gasteiger partial charge on any atom is 0.241 e. The molecular weight excluding hydrogens is 328 g/mol. The summed E-state index contributed by atoms with van der Waals surface area (Å²) in [7, 11) is 0. The van der Waals surface area contributed by atoms with Gasteiger partial charge in [-0.2, -0.15) is 4.98 Å². The van der Waals surface area contributed by atoms with E-state index in [1.54, 1.807) is 11.3 Å². The molecule has 2 saturated heterocycles. The van der Waals surface area contributed by atoms with E-state index in [9.17, 15) is 4.79 Å². The van der Waals surface area contributed by atoms with Crippen LogP contribution in [0.4, 0.5) is 0 Å². The molecule has 0 aliphatic carbocycles. The van der Waals surface area contributed by atoms with Crippen LogP contribution in [0.2, 0.25) is 0 Å². The highest BCUT2D eigenvalue weighted by Gasteiger charge is 2.35. The van der Waals surface area contributed by atoms with E-state index in [1.807, 2.05) is 22.4 Å². The maximum atomic E-state index is 12.8. The van der Waals surface area contributed by atoms with E-state index in [0.717, 1.165) is 24.3 Å². The Labute approximate surface area is 144 Å². The quantitative estimate of drug-likeness (QED) is 0.836. The first-order valence-electron chi connectivity index (χ1n) is 8.28. The molecule has 24 heavy (non-hydrogen) atoms. The van der Waals surface area contributed by atoms with Gasteiger partial charge >= 0.3 is 0 Å². The molecule has 1 atom stereocenters. The average Bonchev–Trinajstić information content (AvgIpc) is 3.37. The first-order chi connectivity index (χ1) is 11.8. The molecule has 0 saturated carbocycles. The number of hydrogen-bond acceptors (Lipinski definition) is 7. The molecule has 0 radical (unpaired) electrons. The summed E-state index contributed by atoms with van der Waals surface area (Å²) in [6.45, 7) is 4.05. The summed E-state index contributed by atoms with van der Waals surface area (Å²) in [4.78, 5) is 22.3. The lowest BCUT2D eigenvalue weighted by Crippen LogP contribution is -2.49. The summed E-state index contributed by atoms with van der Waals surface area (Å²) < 4.78 is 10.7. The summed E-state index contributed by atoms with van der Waals surface area (Å²) in [5.74, 6) is 1.39. The lowest BCUT2D eigenvalue weighted by atomic mass is 10.2. The second-order valence-corrected chi connectivity index (χ2v) is 7.00. The van der Waals surface area contributed by atoms with Crippen molar-refractivity contribution in [1.82, 2.24) is 19.9 Å². The second kappa shape index (κ2) is 7.00. The van der Waals surface area contributed by atoms with Crippen LogP contribution in [0.15, 0.2) is 22.0 Å². The molecule has 7 nitrogen and oxygen atoms in total. The molecule has 4 rings (SSSR count). The molecule has 2 aliphatic heterocycles. The molecule has 2 aromatic rings. The van der Waals surface area contributed by atoms with Gasteiger partial charge in [0.2, 0.25) is 17.6 Å². The lowest BCUT2D eigenvalue weighted by Gasteiger charge is -2.32. The normalized spacial score (nSPS) is 22.2. The molecule has 1 amide bonds. The molecular formula is C16H20N4O3S. The van der Waals surface area contributed by atoms with E-state index in [2.05, 4.69) is 15.0 Å². The highest BCUT2D eigenvalue weighted by molar-refractivity contribution is 7.13. The SMILES string of the molecule is O=C(C1CCCN1Cc1nc(-c2cccs2)no1)N1CCOCC1. The van der Waals surface area contributed by atoms with Crippen molar-refractivity contribution in [3.05, 3.63) is 23.4 Å². The average molecular weight is 348 g/mol. The van der Waals surface area contributed by atoms with Crippen LogP contribution in [0.5, 0.6) is 0 Å². The van der Waals surface area contributed by atoms with E-state index >= 15 is 0 Å². The highest BCUT2D eigenvalue weighted by Crippen LogP contribution is 2.24. The maximum absolute atomic E-state index is 12.8. The number of carbonyl (C=O) groups is 1. The van der Waals surface area contributed by atoms with Gasteiger partial charge in [0.15, 0.2) is 0 Å². The highest BCUT2D eigenvalue weighted by atomic mass is 32.1. The van der Waals surface area contributed by atoms with Crippen molar-refractivity contribution in [2.24, 2.45) is 0 Å². The summed E-state index contributed by atoms with van der Waals surface area (Å²) in [5, 5.41) is 6.04. The third-order valence-electron chi connectivity index (χ3n) is 4.52. The summed E-state index contributed by atoms with van der Waals surface area (Å²) in [6, 6.07) is 3.85. The van der Waals surface area contributed by atoms with E-state index < -0.39 is 0 Å². The van der Waals surface area contributed by atoms with Crippen molar-refractivity contribution in [1.29, 1.82) is 0 Å². The van der Waals surface area contributed by atoms with Gasteiger partial charge < -0.3 is 14.2 Å². The van der Waals surface area contributed by atoms with Gasteiger partial charge in [-0.3, -0.25) is 9.69 Å². The van der Waals surface area contributed by atoms with Gasteiger partial charge in [-0.1, -0.05) is 11.2 Å². The Balaban J connectivity index is 1.42. The van der Waals surface area contributed by atoms with E-state index in [-0.39, 0.29) is 11.9 Å². The smallest absolute Gasteiger partial charge is 0.241 e. The number of rotatable bonds is 4. The molecule has 2 aliphatic rings. The second-order valence-electron chi connectivity index (χ2n) is 6.06. The lowest BCUT2D eigenvalue weighted by molar-refractivity contribution is -0.140. The zero-order valence-corrected chi connectivity index (χ0v) is 14.2. The van der Waals surface area contributed by atoms with Gasteiger partial charge in [-0.05, 0) is 30.8 Å². The Kier molecular flexibility index (Phi) is 4.59. The van der Waals surface area contributed by atoms with Gasteiger partial charge in [0.1, 0.15) is 0 Å². The summed E-state index contributed by atoms with van der Waals surface area (Å²) in [5.41, 5.74) is 0. The molecule has 0 aromatic carbocycles. The van der Waals surface area contributed by atoms with E-state index in [4.69, 9.17) is 9.26 Å². The van der Waals surface area contributed by atoms with Crippen LogP contribution in [0, 0.1) is 0 Å². The predicted octanol–water partition coefficient (Wildman–Crippen LogP) is 1.62. The molecule has 2 aromatic heterocycles. The Morgan fingerprint density at radius 2 is 2.21 bits per heavy atom. The first-order valence-corrected chi connectivity index (χ1v) is 9.16. The summed E-state index contributed by atoms with van der Waals surface area (Å²) >= 11 is 1.59. The number of amides is 1. The fraction of sp³-hybridized carbons (Fsp3) is 0.562. The molecule has 1 unspecified atom stereocenters. The third kappa shape index (κ3) is 3.22. The predicted molar refractivity (Wildman–Crippen MR) is 88.4 cm³/mol. The van der Waals surface area contributed by atoms with Crippen molar-refractivity contribution in [3.8, 4) is 10.7 Å². The number of morpholine rings is 1. The number of ether oxygens (including phenoxy) is 1. The van der Waals surface area contributed by atoms with Crippen molar-refractivity contribution >= 4 is 17.2 Å². The zero-order valence-electron chi connectivity index (χ0n) is 13.4. The minimum Gasteiger partial charge on any atom is -0.378 e. The number of likely N-dealkylation sites (tertiary alicyclic amines) is 1. The van der Waals surface area contributed by atoms with Crippen molar-refractivity contribution in [2.45, 2.75) is 25.4 Å². The van der Waals surface area contributed by atoms with Gasteiger partial charge in [0, 0.05) is 13.1 Å². The number of aromatic nitrogens is 2. The molecule has 8 heteroatoms. The molecule has 0 spiro atoms. The van der Waals surface area contributed by atoms with Gasteiger partial charge in [0.05, 0.1) is 30.7 Å². The van der Waals surface area contributed by atoms with Crippen LogP contribution < -0.4 is 0 Å². The van der Waals surface area contributed by atoms with Gasteiger partial charge in [-0.25, -0.2) is 0 Å². The van der Waals surface area contributed by atoms with Crippen LogP contribution in [-0.2, 0) is 16.1 Å². The monoisotopic (exact) mass is 348 g/mol. The van der Waals surface area contributed by atoms with Gasteiger partial charge in [0.25, 0.3) is 0 Å². The molecule has 128 valence electrons. The Hall–Kier alpha value is -1.77. The number of hydrogen-bond donors (Lipinski definition) is 0. The van der Waals surface area contributed by atoms with Crippen molar-refractivity contribution in [3.63, 3.8) is 0 Å². The minimum absolute atomic E-state index is 0.0832. The third-order valence-corrected chi connectivity index (χ3v) is 5.39. The van der Waals surface area contributed by atoms with Crippen LogP contribution in [0.1, 0.15) is 18.7 Å². The Bertz CT molecular complexity index is 681.